The summed E-state index contributed by atoms with van der Waals surface area (Å²) in [5, 5.41) is 11.6. The van der Waals surface area contributed by atoms with Crippen LogP contribution in [0.1, 0.15) is 43.5 Å². The standard InChI is InChI=1S/C20H22ClF3N4O4/c21-12-1-4-15(5-2-12)30-11-19(29)25-13-3-6-18(31-10-13)17-9-28(27-26-17)14-7-16(8-14)32-20(22,23)24/h1-2,4-5,9,13-14,16,18H,3,6-8,10-11H2,(H,25,29)/t13-,14-,16+,18+/m0/s1. The van der Waals surface area contributed by atoms with Crippen LogP contribution in [0.5, 0.6) is 5.75 Å². The van der Waals surface area contributed by atoms with Gasteiger partial charge in [-0.15, -0.1) is 18.3 Å². The zero-order valence-corrected chi connectivity index (χ0v) is 17.7. The maximum absolute atomic E-state index is 12.2. The highest BCUT2D eigenvalue weighted by molar-refractivity contribution is 6.30. The molecule has 1 saturated carbocycles. The summed E-state index contributed by atoms with van der Waals surface area (Å²) in [5.74, 6) is 0.300. The van der Waals surface area contributed by atoms with E-state index in [4.69, 9.17) is 21.1 Å². The number of halogens is 4. The molecule has 1 aromatic heterocycles. The molecule has 1 aliphatic heterocycles. The fourth-order valence-corrected chi connectivity index (χ4v) is 3.83. The van der Waals surface area contributed by atoms with Gasteiger partial charge in [0.25, 0.3) is 5.91 Å². The van der Waals surface area contributed by atoms with Gasteiger partial charge in [-0.3, -0.25) is 9.53 Å². The maximum atomic E-state index is 12.2. The van der Waals surface area contributed by atoms with Gasteiger partial charge in [0.15, 0.2) is 6.61 Å². The molecule has 0 spiro atoms. The van der Waals surface area contributed by atoms with Crippen LogP contribution in [0.25, 0.3) is 0 Å². The molecule has 1 aliphatic carbocycles. The minimum absolute atomic E-state index is 0.115. The molecule has 0 unspecified atom stereocenters. The first-order chi connectivity index (χ1) is 15.2. The lowest BCUT2D eigenvalue weighted by Gasteiger charge is -2.34. The monoisotopic (exact) mass is 474 g/mol. The minimum Gasteiger partial charge on any atom is -0.484 e. The van der Waals surface area contributed by atoms with E-state index in [1.165, 1.54) is 0 Å². The molecule has 174 valence electrons. The second kappa shape index (κ2) is 9.63. The third-order valence-electron chi connectivity index (χ3n) is 5.43. The van der Waals surface area contributed by atoms with E-state index in [-0.39, 0.29) is 43.5 Å². The lowest BCUT2D eigenvalue weighted by Crippen LogP contribution is -2.43. The maximum Gasteiger partial charge on any atom is 0.522 e. The molecule has 1 aromatic carbocycles. The topological polar surface area (TPSA) is 87.5 Å². The van der Waals surface area contributed by atoms with Gasteiger partial charge in [0.2, 0.25) is 0 Å². The quantitative estimate of drug-likeness (QED) is 0.660. The highest BCUT2D eigenvalue weighted by Gasteiger charge is 2.41. The number of amides is 1. The SMILES string of the molecule is O=C(COc1ccc(Cl)cc1)N[C@H]1CC[C@H](c2cn([C@H]3C[C@@H](OC(F)(F)F)C3)nn2)OC1. The minimum atomic E-state index is -4.62. The van der Waals surface area contributed by atoms with Crippen molar-refractivity contribution in [2.75, 3.05) is 13.2 Å². The van der Waals surface area contributed by atoms with Gasteiger partial charge < -0.3 is 14.8 Å². The second-order valence-corrected chi connectivity index (χ2v) is 8.28. The van der Waals surface area contributed by atoms with Crippen molar-refractivity contribution in [3.63, 3.8) is 0 Å². The molecule has 2 aromatic rings. The fourth-order valence-electron chi connectivity index (χ4n) is 3.70. The number of carbonyl (C=O) groups is 1. The van der Waals surface area contributed by atoms with E-state index in [2.05, 4.69) is 20.4 Å². The van der Waals surface area contributed by atoms with Gasteiger partial charge in [0, 0.05) is 5.02 Å². The number of nitrogens with zero attached hydrogens (tertiary/aromatic N) is 3. The average Bonchev–Trinajstić information content (AvgIpc) is 3.19. The summed E-state index contributed by atoms with van der Waals surface area (Å²) in [6.45, 7) is 0.200. The van der Waals surface area contributed by atoms with Crippen LogP contribution >= 0.6 is 11.6 Å². The van der Waals surface area contributed by atoms with Crippen molar-refractivity contribution in [2.24, 2.45) is 0 Å². The van der Waals surface area contributed by atoms with Gasteiger partial charge >= 0.3 is 6.36 Å². The Kier molecular flexibility index (Phi) is 6.87. The zero-order valence-electron chi connectivity index (χ0n) is 16.9. The molecule has 1 saturated heterocycles. The predicted octanol–water partition coefficient (Wildman–Crippen LogP) is 3.59. The first-order valence-electron chi connectivity index (χ1n) is 10.2. The van der Waals surface area contributed by atoms with Crippen molar-refractivity contribution in [3.05, 3.63) is 41.2 Å². The Bertz CT molecular complexity index is 910. The summed E-state index contributed by atoms with van der Waals surface area (Å²) < 4.78 is 53.5. The average molecular weight is 475 g/mol. The fraction of sp³-hybridized carbons (Fsp3) is 0.550. The number of rotatable bonds is 7. The summed E-state index contributed by atoms with van der Waals surface area (Å²) in [7, 11) is 0. The van der Waals surface area contributed by atoms with Gasteiger partial charge in [0.1, 0.15) is 17.5 Å². The highest BCUT2D eigenvalue weighted by Crippen LogP contribution is 2.38. The van der Waals surface area contributed by atoms with Crippen LogP contribution in [-0.2, 0) is 14.3 Å². The number of hydrogen-bond acceptors (Lipinski definition) is 6. The first kappa shape index (κ1) is 22.8. The van der Waals surface area contributed by atoms with Crippen LogP contribution in [-0.4, -0.2) is 52.6 Å². The molecule has 0 radical (unpaired) electrons. The molecule has 32 heavy (non-hydrogen) atoms. The van der Waals surface area contributed by atoms with E-state index in [0.717, 1.165) is 0 Å². The molecule has 4 rings (SSSR count). The van der Waals surface area contributed by atoms with Crippen LogP contribution < -0.4 is 10.1 Å². The Balaban J connectivity index is 1.17. The number of carbonyl (C=O) groups excluding carboxylic acids is 1. The van der Waals surface area contributed by atoms with Gasteiger partial charge in [-0.05, 0) is 49.9 Å². The van der Waals surface area contributed by atoms with Crippen LogP contribution in [0.2, 0.25) is 5.02 Å². The largest absolute Gasteiger partial charge is 0.522 e. The predicted molar refractivity (Wildman–Crippen MR) is 106 cm³/mol. The third kappa shape index (κ3) is 6.11. The van der Waals surface area contributed by atoms with Gasteiger partial charge in [-0.1, -0.05) is 16.8 Å². The molecule has 2 fully saturated rings. The Labute approximate surface area is 187 Å². The molecule has 12 heteroatoms. The van der Waals surface area contributed by atoms with Crippen molar-refractivity contribution in [3.8, 4) is 5.75 Å². The molecule has 8 nitrogen and oxygen atoms in total. The lowest BCUT2D eigenvalue weighted by molar-refractivity contribution is -0.353. The summed E-state index contributed by atoms with van der Waals surface area (Å²) in [6, 6.07) is 6.42. The summed E-state index contributed by atoms with van der Waals surface area (Å²) in [5.41, 5.74) is 0.626. The number of benzene rings is 1. The second-order valence-electron chi connectivity index (χ2n) is 7.84. The molecular weight excluding hydrogens is 453 g/mol. The Morgan fingerprint density at radius 1 is 1.25 bits per heavy atom. The van der Waals surface area contributed by atoms with Crippen molar-refractivity contribution < 1.29 is 32.2 Å². The van der Waals surface area contributed by atoms with Crippen LogP contribution in [0.4, 0.5) is 13.2 Å². The van der Waals surface area contributed by atoms with Crippen LogP contribution in [0.15, 0.2) is 30.5 Å². The van der Waals surface area contributed by atoms with Gasteiger partial charge in [0.05, 0.1) is 31.0 Å². The van der Waals surface area contributed by atoms with E-state index < -0.39 is 12.5 Å². The molecule has 0 bridgehead atoms. The Morgan fingerprint density at radius 2 is 2.00 bits per heavy atom. The third-order valence-corrected chi connectivity index (χ3v) is 5.68. The molecular formula is C20H22ClF3N4O4. The number of nitrogens with one attached hydrogen (secondary N) is 1. The number of hydrogen-bond donors (Lipinski definition) is 1. The van der Waals surface area contributed by atoms with Crippen molar-refractivity contribution in [2.45, 2.75) is 56.3 Å². The normalized spacial score (nSPS) is 25.8. The van der Waals surface area contributed by atoms with Crippen LogP contribution in [0.3, 0.4) is 0 Å². The van der Waals surface area contributed by atoms with Crippen molar-refractivity contribution in [1.29, 1.82) is 0 Å². The summed E-state index contributed by atoms with van der Waals surface area (Å²) >= 11 is 5.81. The van der Waals surface area contributed by atoms with E-state index in [9.17, 15) is 18.0 Å². The summed E-state index contributed by atoms with van der Waals surface area (Å²) in [6.07, 6.45) is -2.23. The van der Waals surface area contributed by atoms with Crippen LogP contribution in [0, 0.1) is 0 Å². The molecule has 2 aliphatic rings. The lowest BCUT2D eigenvalue weighted by atomic mass is 9.89. The molecule has 2 heterocycles. The summed E-state index contributed by atoms with van der Waals surface area (Å²) in [4.78, 5) is 12.1. The molecule has 1 N–H and O–H groups in total. The van der Waals surface area contributed by atoms with E-state index in [0.29, 0.717) is 35.9 Å². The van der Waals surface area contributed by atoms with E-state index >= 15 is 0 Å². The number of alkyl halides is 3. The number of aromatic nitrogens is 3. The zero-order chi connectivity index (χ0) is 22.7. The first-order valence-corrected chi connectivity index (χ1v) is 10.6. The Hall–Kier alpha value is -2.37. The Morgan fingerprint density at radius 3 is 2.66 bits per heavy atom. The van der Waals surface area contributed by atoms with E-state index in [1.54, 1.807) is 35.1 Å². The number of ether oxygens (including phenoxy) is 3. The molecule has 2 atom stereocenters. The van der Waals surface area contributed by atoms with Crippen molar-refractivity contribution in [1.82, 2.24) is 20.3 Å². The smallest absolute Gasteiger partial charge is 0.484 e. The van der Waals surface area contributed by atoms with Crippen molar-refractivity contribution >= 4 is 17.5 Å². The van der Waals surface area contributed by atoms with Gasteiger partial charge in [-0.25, -0.2) is 4.68 Å². The highest BCUT2D eigenvalue weighted by atomic mass is 35.5. The van der Waals surface area contributed by atoms with Gasteiger partial charge in [-0.2, -0.15) is 0 Å². The molecule has 1 amide bonds. The van der Waals surface area contributed by atoms with E-state index in [1.807, 2.05) is 0 Å².